The molecule has 1 aromatic heterocycles. The number of hydrogen-bond acceptors (Lipinski definition) is 5. The summed E-state index contributed by atoms with van der Waals surface area (Å²) in [5, 5.41) is 6.29. The first-order valence-corrected chi connectivity index (χ1v) is 8.19. The highest BCUT2D eigenvalue weighted by Gasteiger charge is 2.26. The fourth-order valence-electron chi connectivity index (χ4n) is 2.25. The Morgan fingerprint density at radius 3 is 2.38 bits per heavy atom. The van der Waals surface area contributed by atoms with E-state index in [1.807, 2.05) is 0 Å². The van der Waals surface area contributed by atoms with E-state index in [9.17, 15) is 14.0 Å². The lowest BCUT2D eigenvalue weighted by atomic mass is 10.1. The summed E-state index contributed by atoms with van der Waals surface area (Å²) >= 11 is 3.29. The van der Waals surface area contributed by atoms with Crippen LogP contribution in [0.4, 0.5) is 10.2 Å². The van der Waals surface area contributed by atoms with E-state index in [2.05, 4.69) is 26.4 Å². The average molecular weight is 419 g/mol. The molecule has 0 aliphatic rings. The van der Waals surface area contributed by atoms with Crippen LogP contribution in [0.25, 0.3) is 11.3 Å². The highest BCUT2D eigenvalue weighted by atomic mass is 79.9. The zero-order valence-electron chi connectivity index (χ0n) is 13.5. The van der Waals surface area contributed by atoms with Gasteiger partial charge in [-0.15, -0.1) is 0 Å². The van der Waals surface area contributed by atoms with Crippen LogP contribution in [0.1, 0.15) is 20.7 Å². The number of ether oxygens (including phenoxy) is 1. The molecule has 132 valence electrons. The minimum Gasteiger partial charge on any atom is -0.465 e. The molecule has 1 heterocycles. The normalized spacial score (nSPS) is 10.4. The summed E-state index contributed by atoms with van der Waals surface area (Å²) in [4.78, 5) is 24.5. The van der Waals surface area contributed by atoms with Crippen LogP contribution in [0.2, 0.25) is 0 Å². The molecule has 2 aromatic carbocycles. The number of amides is 1. The van der Waals surface area contributed by atoms with Gasteiger partial charge in [0, 0.05) is 15.6 Å². The minimum atomic E-state index is -0.739. The largest absolute Gasteiger partial charge is 0.465 e. The summed E-state index contributed by atoms with van der Waals surface area (Å²) in [6.45, 7) is 0. The third kappa shape index (κ3) is 3.65. The highest BCUT2D eigenvalue weighted by Crippen LogP contribution is 2.30. The van der Waals surface area contributed by atoms with Crippen molar-refractivity contribution in [1.82, 2.24) is 5.16 Å². The van der Waals surface area contributed by atoms with Gasteiger partial charge < -0.3 is 14.6 Å². The number of carbonyl (C=O) groups is 2. The zero-order chi connectivity index (χ0) is 18.7. The van der Waals surface area contributed by atoms with E-state index in [4.69, 9.17) is 9.26 Å². The molecule has 6 nitrogen and oxygen atoms in total. The maximum absolute atomic E-state index is 13.1. The standard InChI is InChI=1S/C18H12BrFN2O4/c1-25-18(24)14-15(10-4-8-13(20)9-5-10)26-22-16(14)21-17(23)11-2-6-12(19)7-3-11/h2-9H,1H3,(H,21,22,23). The summed E-state index contributed by atoms with van der Waals surface area (Å²) in [5.74, 6) is -1.65. The maximum Gasteiger partial charge on any atom is 0.345 e. The van der Waals surface area contributed by atoms with E-state index in [0.717, 1.165) is 4.47 Å². The molecular weight excluding hydrogens is 407 g/mol. The van der Waals surface area contributed by atoms with E-state index in [1.54, 1.807) is 24.3 Å². The van der Waals surface area contributed by atoms with Gasteiger partial charge in [0.1, 0.15) is 5.82 Å². The number of aromatic nitrogens is 1. The van der Waals surface area contributed by atoms with Crippen LogP contribution in [-0.4, -0.2) is 24.1 Å². The molecule has 0 atom stereocenters. The van der Waals surface area contributed by atoms with Gasteiger partial charge in [-0.1, -0.05) is 21.1 Å². The third-order valence-corrected chi connectivity index (χ3v) is 4.06. The number of methoxy groups -OCH3 is 1. The van der Waals surface area contributed by atoms with Gasteiger partial charge in [0.2, 0.25) is 0 Å². The number of rotatable bonds is 4. The van der Waals surface area contributed by atoms with Gasteiger partial charge in [0.05, 0.1) is 7.11 Å². The van der Waals surface area contributed by atoms with Crippen LogP contribution in [0.5, 0.6) is 0 Å². The molecule has 8 heteroatoms. The lowest BCUT2D eigenvalue weighted by Gasteiger charge is -2.05. The van der Waals surface area contributed by atoms with Gasteiger partial charge >= 0.3 is 5.97 Å². The van der Waals surface area contributed by atoms with Gasteiger partial charge in [-0.05, 0) is 48.5 Å². The number of anilines is 1. The Hall–Kier alpha value is -3.00. The molecule has 0 unspecified atom stereocenters. The van der Waals surface area contributed by atoms with Crippen molar-refractivity contribution in [2.45, 2.75) is 0 Å². The lowest BCUT2D eigenvalue weighted by Crippen LogP contribution is -2.15. The Morgan fingerprint density at radius 2 is 1.77 bits per heavy atom. The van der Waals surface area contributed by atoms with Crippen molar-refractivity contribution < 1.29 is 23.2 Å². The van der Waals surface area contributed by atoms with Crippen molar-refractivity contribution in [3.63, 3.8) is 0 Å². The molecule has 3 rings (SSSR count). The molecule has 0 aliphatic carbocycles. The van der Waals surface area contributed by atoms with E-state index in [0.29, 0.717) is 11.1 Å². The van der Waals surface area contributed by atoms with Crippen molar-refractivity contribution in [3.8, 4) is 11.3 Å². The number of nitrogens with one attached hydrogen (secondary N) is 1. The molecule has 1 N–H and O–H groups in total. The number of esters is 1. The Balaban J connectivity index is 1.96. The summed E-state index contributed by atoms with van der Waals surface area (Å²) in [6.07, 6.45) is 0. The van der Waals surface area contributed by atoms with Crippen molar-refractivity contribution >= 4 is 33.6 Å². The maximum atomic E-state index is 13.1. The Bertz CT molecular complexity index is 952. The van der Waals surface area contributed by atoms with Crippen molar-refractivity contribution in [2.24, 2.45) is 0 Å². The van der Waals surface area contributed by atoms with E-state index < -0.39 is 17.7 Å². The molecule has 0 saturated heterocycles. The molecule has 0 aliphatic heterocycles. The van der Waals surface area contributed by atoms with Crippen LogP contribution >= 0.6 is 15.9 Å². The number of hydrogen-bond donors (Lipinski definition) is 1. The van der Waals surface area contributed by atoms with Crippen LogP contribution in [0.3, 0.4) is 0 Å². The Morgan fingerprint density at radius 1 is 1.12 bits per heavy atom. The second-order valence-corrected chi connectivity index (χ2v) is 6.11. The van der Waals surface area contributed by atoms with Gasteiger partial charge in [-0.2, -0.15) is 0 Å². The van der Waals surface area contributed by atoms with Gasteiger partial charge in [-0.3, -0.25) is 4.79 Å². The summed E-state index contributed by atoms with van der Waals surface area (Å²) < 4.78 is 23.9. The molecule has 0 saturated carbocycles. The fraction of sp³-hybridized carbons (Fsp3) is 0.0556. The van der Waals surface area contributed by atoms with Gasteiger partial charge in [0.15, 0.2) is 17.1 Å². The zero-order valence-corrected chi connectivity index (χ0v) is 15.0. The second kappa shape index (κ2) is 7.49. The van der Waals surface area contributed by atoms with Crippen LogP contribution in [0.15, 0.2) is 57.5 Å². The van der Waals surface area contributed by atoms with Crippen molar-refractivity contribution in [2.75, 3.05) is 12.4 Å². The topological polar surface area (TPSA) is 81.4 Å². The number of halogens is 2. The molecule has 1 amide bonds. The Labute approximate surface area is 156 Å². The van der Waals surface area contributed by atoms with Gasteiger partial charge in [-0.25, -0.2) is 9.18 Å². The fourth-order valence-corrected chi connectivity index (χ4v) is 2.51. The van der Waals surface area contributed by atoms with E-state index in [1.165, 1.54) is 31.4 Å². The molecule has 26 heavy (non-hydrogen) atoms. The van der Waals surface area contributed by atoms with Gasteiger partial charge in [0.25, 0.3) is 5.91 Å². The molecular formula is C18H12BrFN2O4. The molecule has 3 aromatic rings. The first-order chi connectivity index (χ1) is 12.5. The number of benzene rings is 2. The SMILES string of the molecule is COC(=O)c1c(NC(=O)c2ccc(Br)cc2)noc1-c1ccc(F)cc1. The number of nitrogens with zero attached hydrogens (tertiary/aromatic N) is 1. The second-order valence-electron chi connectivity index (χ2n) is 5.19. The molecule has 0 fully saturated rings. The summed E-state index contributed by atoms with van der Waals surface area (Å²) in [6, 6.07) is 11.9. The van der Waals surface area contributed by atoms with Crippen molar-refractivity contribution in [3.05, 3.63) is 69.9 Å². The van der Waals surface area contributed by atoms with Crippen molar-refractivity contribution in [1.29, 1.82) is 0 Å². The minimum absolute atomic E-state index is 0.0513. The smallest absolute Gasteiger partial charge is 0.345 e. The summed E-state index contributed by atoms with van der Waals surface area (Å²) in [5.41, 5.74) is 0.739. The van der Waals surface area contributed by atoms with Crippen LogP contribution in [0, 0.1) is 5.82 Å². The predicted molar refractivity (Wildman–Crippen MR) is 95.3 cm³/mol. The first-order valence-electron chi connectivity index (χ1n) is 7.40. The predicted octanol–water partition coefficient (Wildman–Crippen LogP) is 4.28. The lowest BCUT2D eigenvalue weighted by molar-refractivity contribution is 0.0602. The summed E-state index contributed by atoms with van der Waals surface area (Å²) in [7, 11) is 1.20. The third-order valence-electron chi connectivity index (χ3n) is 3.53. The van der Waals surface area contributed by atoms with Crippen LogP contribution < -0.4 is 5.32 Å². The Kier molecular flexibility index (Phi) is 5.13. The van der Waals surface area contributed by atoms with E-state index in [-0.39, 0.29) is 17.1 Å². The first kappa shape index (κ1) is 17.8. The molecule has 0 radical (unpaired) electrons. The van der Waals surface area contributed by atoms with Crippen LogP contribution in [-0.2, 0) is 4.74 Å². The number of carbonyl (C=O) groups excluding carboxylic acids is 2. The molecule has 0 spiro atoms. The monoisotopic (exact) mass is 418 g/mol. The average Bonchev–Trinajstić information content (AvgIpc) is 3.05. The van der Waals surface area contributed by atoms with E-state index >= 15 is 0 Å². The quantitative estimate of drug-likeness (QED) is 0.639. The highest BCUT2D eigenvalue weighted by molar-refractivity contribution is 9.10. The molecule has 0 bridgehead atoms.